The van der Waals surface area contributed by atoms with Crippen LogP contribution in [0.2, 0.25) is 0 Å². The standard InChI is InChI=1S/C39H24N2S/c1-2-10-27(11-3-1)33-22-23-34-38(40-33)32-21-24-36-37(31-14-6-7-16-35(31)42-36)39(32)41(34)28-19-17-26(18-20-28)30-15-8-12-25-9-4-5-13-29(25)30/h1-24H. The maximum absolute atomic E-state index is 5.27. The van der Waals surface area contributed by atoms with Crippen molar-refractivity contribution in [2.24, 2.45) is 0 Å². The summed E-state index contributed by atoms with van der Waals surface area (Å²) in [6.45, 7) is 0. The predicted octanol–water partition coefficient (Wildman–Crippen LogP) is 11.0. The Morgan fingerprint density at radius 1 is 0.500 bits per heavy atom. The van der Waals surface area contributed by atoms with Gasteiger partial charge in [0.1, 0.15) is 0 Å². The van der Waals surface area contributed by atoms with Gasteiger partial charge in [-0.05, 0) is 64.4 Å². The summed E-state index contributed by atoms with van der Waals surface area (Å²) < 4.78 is 5.02. The molecule has 2 nitrogen and oxygen atoms in total. The summed E-state index contributed by atoms with van der Waals surface area (Å²) in [5.74, 6) is 0. The zero-order chi connectivity index (χ0) is 27.6. The zero-order valence-corrected chi connectivity index (χ0v) is 23.5. The minimum atomic E-state index is 0.990. The number of aromatic nitrogens is 2. The number of rotatable bonds is 3. The Kier molecular flexibility index (Phi) is 5.10. The molecule has 0 saturated carbocycles. The Hall–Kier alpha value is -5.25. The molecule has 0 atom stereocenters. The molecule has 3 heteroatoms. The van der Waals surface area contributed by atoms with Crippen molar-refractivity contribution in [2.45, 2.75) is 0 Å². The van der Waals surface area contributed by atoms with E-state index < -0.39 is 0 Å². The Morgan fingerprint density at radius 3 is 2.14 bits per heavy atom. The lowest BCUT2D eigenvalue weighted by Gasteiger charge is -2.11. The molecule has 0 aliphatic carbocycles. The quantitative estimate of drug-likeness (QED) is 0.213. The lowest BCUT2D eigenvalue weighted by atomic mass is 9.98. The molecule has 0 amide bonds. The minimum absolute atomic E-state index is 0.990. The molecule has 0 fully saturated rings. The van der Waals surface area contributed by atoms with Crippen LogP contribution < -0.4 is 0 Å². The van der Waals surface area contributed by atoms with Crippen LogP contribution in [0.5, 0.6) is 0 Å². The van der Waals surface area contributed by atoms with Gasteiger partial charge in [0.05, 0.1) is 22.2 Å². The van der Waals surface area contributed by atoms with E-state index in [-0.39, 0.29) is 0 Å². The second kappa shape index (κ2) is 9.13. The largest absolute Gasteiger partial charge is 0.307 e. The molecule has 9 rings (SSSR count). The molecule has 42 heavy (non-hydrogen) atoms. The van der Waals surface area contributed by atoms with Crippen LogP contribution in [0.4, 0.5) is 0 Å². The molecule has 0 saturated heterocycles. The number of hydrogen-bond acceptors (Lipinski definition) is 2. The summed E-state index contributed by atoms with van der Waals surface area (Å²) in [6, 6.07) is 52.3. The SMILES string of the molecule is c1ccc(-c2ccc3c(n2)c2ccc4sc5ccccc5c4c2n3-c2ccc(-c3cccc4ccccc34)cc2)cc1. The maximum atomic E-state index is 5.27. The highest BCUT2D eigenvalue weighted by Gasteiger charge is 2.19. The topological polar surface area (TPSA) is 17.8 Å². The predicted molar refractivity (Wildman–Crippen MR) is 180 cm³/mol. The second-order valence-corrected chi connectivity index (χ2v) is 11.9. The van der Waals surface area contributed by atoms with E-state index in [1.54, 1.807) is 0 Å². The fourth-order valence-corrected chi connectivity index (χ4v) is 7.59. The molecular formula is C39H24N2S. The minimum Gasteiger partial charge on any atom is -0.307 e. The molecule has 0 spiro atoms. The van der Waals surface area contributed by atoms with Gasteiger partial charge in [0.25, 0.3) is 0 Å². The Bertz CT molecular complexity index is 2440. The summed E-state index contributed by atoms with van der Waals surface area (Å²) >= 11 is 1.86. The highest BCUT2D eigenvalue weighted by atomic mass is 32.1. The number of hydrogen-bond donors (Lipinski definition) is 0. The number of nitrogens with zero attached hydrogens (tertiary/aromatic N) is 2. The highest BCUT2D eigenvalue weighted by molar-refractivity contribution is 7.26. The van der Waals surface area contributed by atoms with Crippen LogP contribution in [-0.2, 0) is 0 Å². The van der Waals surface area contributed by atoms with Crippen LogP contribution in [-0.4, -0.2) is 9.55 Å². The van der Waals surface area contributed by atoms with Gasteiger partial charge in [0.15, 0.2) is 0 Å². The summed E-state index contributed by atoms with van der Waals surface area (Å²) in [6.07, 6.45) is 0. The molecule has 9 aromatic rings. The highest BCUT2D eigenvalue weighted by Crippen LogP contribution is 2.43. The van der Waals surface area contributed by atoms with E-state index in [9.17, 15) is 0 Å². The van der Waals surface area contributed by atoms with Crippen molar-refractivity contribution in [2.75, 3.05) is 0 Å². The van der Waals surface area contributed by atoms with Crippen LogP contribution in [0.1, 0.15) is 0 Å². The average Bonchev–Trinajstić information content (AvgIpc) is 3.60. The number of benzene rings is 6. The van der Waals surface area contributed by atoms with Gasteiger partial charge in [0.2, 0.25) is 0 Å². The van der Waals surface area contributed by atoms with Gasteiger partial charge in [-0.3, -0.25) is 0 Å². The van der Waals surface area contributed by atoms with Gasteiger partial charge in [-0.1, -0.05) is 103 Å². The second-order valence-electron chi connectivity index (χ2n) is 10.8. The van der Waals surface area contributed by atoms with Gasteiger partial charge >= 0.3 is 0 Å². The normalized spacial score (nSPS) is 11.8. The fourth-order valence-electron chi connectivity index (χ4n) is 6.48. The van der Waals surface area contributed by atoms with Crippen LogP contribution in [0, 0.1) is 0 Å². The molecule has 0 aliphatic rings. The van der Waals surface area contributed by atoms with E-state index in [0.29, 0.717) is 0 Å². The van der Waals surface area contributed by atoms with Crippen molar-refractivity contribution in [3.8, 4) is 28.1 Å². The third kappa shape index (κ3) is 3.47. The first-order valence-electron chi connectivity index (χ1n) is 14.2. The zero-order valence-electron chi connectivity index (χ0n) is 22.7. The number of pyridine rings is 1. The fraction of sp³-hybridized carbons (Fsp3) is 0. The van der Waals surface area contributed by atoms with Gasteiger partial charge in [-0.15, -0.1) is 11.3 Å². The summed E-state index contributed by atoms with van der Waals surface area (Å²) in [4.78, 5) is 5.27. The van der Waals surface area contributed by atoms with E-state index in [1.165, 1.54) is 53.0 Å². The third-order valence-electron chi connectivity index (χ3n) is 8.41. The molecular weight excluding hydrogens is 529 g/mol. The van der Waals surface area contributed by atoms with Gasteiger partial charge in [-0.25, -0.2) is 4.98 Å². The van der Waals surface area contributed by atoms with Gasteiger partial charge in [-0.2, -0.15) is 0 Å². The first kappa shape index (κ1) is 23.5. The summed E-state index contributed by atoms with van der Waals surface area (Å²) in [7, 11) is 0. The summed E-state index contributed by atoms with van der Waals surface area (Å²) in [5.41, 5.74) is 9.08. The van der Waals surface area contributed by atoms with E-state index in [1.807, 2.05) is 17.4 Å². The van der Waals surface area contributed by atoms with Crippen LogP contribution >= 0.6 is 11.3 Å². The van der Waals surface area contributed by atoms with Gasteiger partial charge < -0.3 is 4.57 Å². The van der Waals surface area contributed by atoms with Crippen LogP contribution in [0.3, 0.4) is 0 Å². The van der Waals surface area contributed by atoms with E-state index in [2.05, 4.69) is 144 Å². The smallest absolute Gasteiger partial charge is 0.0971 e. The lowest BCUT2D eigenvalue weighted by Crippen LogP contribution is -1.95. The van der Waals surface area contributed by atoms with E-state index in [0.717, 1.165) is 28.0 Å². The molecule has 6 aromatic carbocycles. The van der Waals surface area contributed by atoms with Crippen molar-refractivity contribution in [3.63, 3.8) is 0 Å². The molecule has 0 unspecified atom stereocenters. The summed E-state index contributed by atoms with van der Waals surface area (Å²) in [5, 5.41) is 6.30. The Labute approximate surface area is 246 Å². The number of thiophene rings is 1. The molecule has 3 aromatic heterocycles. The molecule has 196 valence electrons. The third-order valence-corrected chi connectivity index (χ3v) is 9.54. The van der Waals surface area contributed by atoms with Gasteiger partial charge in [0, 0.05) is 36.8 Å². The van der Waals surface area contributed by atoms with E-state index in [4.69, 9.17) is 4.98 Å². The van der Waals surface area contributed by atoms with Crippen molar-refractivity contribution >= 4 is 64.2 Å². The van der Waals surface area contributed by atoms with Crippen molar-refractivity contribution in [3.05, 3.63) is 146 Å². The molecule has 0 aliphatic heterocycles. The molecule has 0 radical (unpaired) electrons. The molecule has 0 N–H and O–H groups in total. The first-order chi connectivity index (χ1) is 20.8. The lowest BCUT2D eigenvalue weighted by molar-refractivity contribution is 1.18. The van der Waals surface area contributed by atoms with Crippen LogP contribution in [0.15, 0.2) is 146 Å². The molecule has 0 bridgehead atoms. The average molecular weight is 553 g/mol. The van der Waals surface area contributed by atoms with Crippen LogP contribution in [0.25, 0.3) is 81.0 Å². The van der Waals surface area contributed by atoms with E-state index >= 15 is 0 Å². The maximum Gasteiger partial charge on any atom is 0.0971 e. The van der Waals surface area contributed by atoms with Crippen molar-refractivity contribution < 1.29 is 0 Å². The number of fused-ring (bicyclic) bond motifs is 8. The Balaban J connectivity index is 1.33. The Morgan fingerprint density at radius 2 is 1.26 bits per heavy atom. The monoisotopic (exact) mass is 552 g/mol. The van der Waals surface area contributed by atoms with Crippen molar-refractivity contribution in [1.29, 1.82) is 0 Å². The molecule has 3 heterocycles. The van der Waals surface area contributed by atoms with Crippen molar-refractivity contribution in [1.82, 2.24) is 9.55 Å². The first-order valence-corrected chi connectivity index (χ1v) is 15.0.